The fourth-order valence-electron chi connectivity index (χ4n) is 1.51. The molecule has 0 aliphatic rings. The highest BCUT2D eigenvalue weighted by atomic mass is 32.2. The molecule has 1 aromatic carbocycles. The summed E-state index contributed by atoms with van der Waals surface area (Å²) in [6.07, 6.45) is 0. The third-order valence-electron chi connectivity index (χ3n) is 2.78. The molecule has 0 saturated heterocycles. The lowest BCUT2D eigenvalue weighted by molar-refractivity contribution is -0.141. The molecule has 0 bridgehead atoms. The van der Waals surface area contributed by atoms with Crippen molar-refractivity contribution in [2.45, 2.75) is 6.92 Å². The summed E-state index contributed by atoms with van der Waals surface area (Å²) in [5.41, 5.74) is 0. The van der Waals surface area contributed by atoms with Gasteiger partial charge in [0.2, 0.25) is 10.0 Å². The SMILES string of the molecule is CC(CN(C)S(=O)(=O)CCOc1ccccc1)C(=O)O. The van der Waals surface area contributed by atoms with E-state index in [2.05, 4.69) is 0 Å². The highest BCUT2D eigenvalue weighted by Crippen LogP contribution is 2.09. The number of benzene rings is 1. The highest BCUT2D eigenvalue weighted by molar-refractivity contribution is 7.89. The van der Waals surface area contributed by atoms with Crippen LogP contribution in [0.4, 0.5) is 0 Å². The summed E-state index contributed by atoms with van der Waals surface area (Å²) < 4.78 is 30.2. The first-order valence-electron chi connectivity index (χ1n) is 6.17. The van der Waals surface area contributed by atoms with E-state index >= 15 is 0 Å². The highest BCUT2D eigenvalue weighted by Gasteiger charge is 2.22. The Labute approximate surface area is 119 Å². The molecule has 0 spiro atoms. The van der Waals surface area contributed by atoms with Crippen LogP contribution in [-0.4, -0.2) is 49.8 Å². The molecule has 0 saturated carbocycles. The minimum atomic E-state index is -3.51. The Bertz CT molecular complexity index is 529. The molecule has 1 N–H and O–H groups in total. The third-order valence-corrected chi connectivity index (χ3v) is 4.56. The van der Waals surface area contributed by atoms with Gasteiger partial charge >= 0.3 is 5.97 Å². The van der Waals surface area contributed by atoms with Crippen LogP contribution in [0.3, 0.4) is 0 Å². The predicted octanol–water partition coefficient (Wildman–Crippen LogP) is 1.05. The topological polar surface area (TPSA) is 83.9 Å². The molecule has 1 unspecified atom stereocenters. The van der Waals surface area contributed by atoms with Gasteiger partial charge in [0, 0.05) is 13.6 Å². The predicted molar refractivity (Wildman–Crippen MR) is 75.2 cm³/mol. The van der Waals surface area contributed by atoms with Gasteiger partial charge in [-0.25, -0.2) is 12.7 Å². The van der Waals surface area contributed by atoms with Crippen LogP contribution in [0, 0.1) is 5.92 Å². The fraction of sp³-hybridized carbons (Fsp3) is 0.462. The maximum atomic E-state index is 11.9. The van der Waals surface area contributed by atoms with E-state index in [1.165, 1.54) is 14.0 Å². The molecular formula is C13H19NO5S. The van der Waals surface area contributed by atoms with Crippen molar-refractivity contribution in [3.8, 4) is 5.75 Å². The van der Waals surface area contributed by atoms with Crippen molar-refractivity contribution in [2.75, 3.05) is 26.0 Å². The molecule has 0 aromatic heterocycles. The summed E-state index contributed by atoms with van der Waals surface area (Å²) in [5, 5.41) is 8.78. The largest absolute Gasteiger partial charge is 0.492 e. The molecule has 1 atom stereocenters. The Kier molecular flexibility index (Phi) is 5.97. The quantitative estimate of drug-likeness (QED) is 0.776. The number of carboxylic acids is 1. The van der Waals surface area contributed by atoms with Crippen LogP contribution in [0.15, 0.2) is 30.3 Å². The number of rotatable bonds is 8. The van der Waals surface area contributed by atoms with E-state index in [9.17, 15) is 13.2 Å². The smallest absolute Gasteiger partial charge is 0.307 e. The van der Waals surface area contributed by atoms with Gasteiger partial charge in [-0.15, -0.1) is 0 Å². The average Bonchev–Trinajstić information content (AvgIpc) is 2.39. The monoisotopic (exact) mass is 301 g/mol. The molecule has 0 aliphatic carbocycles. The number of sulfonamides is 1. The third kappa shape index (κ3) is 5.18. The van der Waals surface area contributed by atoms with Crippen LogP contribution < -0.4 is 4.74 Å². The Hall–Kier alpha value is -1.60. The normalized spacial score (nSPS) is 13.2. The van der Waals surface area contributed by atoms with Crippen LogP contribution in [0.2, 0.25) is 0 Å². The first-order valence-corrected chi connectivity index (χ1v) is 7.78. The van der Waals surface area contributed by atoms with Crippen molar-refractivity contribution >= 4 is 16.0 Å². The summed E-state index contributed by atoms with van der Waals surface area (Å²) in [6, 6.07) is 8.91. The Balaban J connectivity index is 2.47. The first kappa shape index (κ1) is 16.5. The molecule has 7 heteroatoms. The molecule has 112 valence electrons. The molecule has 20 heavy (non-hydrogen) atoms. The molecular weight excluding hydrogens is 282 g/mol. The maximum Gasteiger partial charge on any atom is 0.307 e. The van der Waals surface area contributed by atoms with Crippen molar-refractivity contribution < 1.29 is 23.1 Å². The van der Waals surface area contributed by atoms with Gasteiger partial charge in [0.25, 0.3) is 0 Å². The zero-order chi connectivity index (χ0) is 15.2. The second-order valence-corrected chi connectivity index (χ2v) is 6.69. The Morgan fingerprint density at radius 2 is 1.95 bits per heavy atom. The molecule has 0 radical (unpaired) electrons. The standard InChI is InChI=1S/C13H19NO5S/c1-11(13(15)16)10-14(2)20(17,18)9-8-19-12-6-4-3-5-7-12/h3-7,11H,8-10H2,1-2H3,(H,15,16). The zero-order valence-corrected chi connectivity index (χ0v) is 12.3. The molecule has 1 rings (SSSR count). The van der Waals surface area contributed by atoms with Crippen molar-refractivity contribution in [3.05, 3.63) is 30.3 Å². The summed E-state index contributed by atoms with van der Waals surface area (Å²) in [6.45, 7) is 1.44. The van der Waals surface area contributed by atoms with Crippen LogP contribution in [0.1, 0.15) is 6.92 Å². The van der Waals surface area contributed by atoms with Gasteiger partial charge in [-0.2, -0.15) is 0 Å². The van der Waals surface area contributed by atoms with Crippen molar-refractivity contribution in [1.29, 1.82) is 0 Å². The van der Waals surface area contributed by atoms with Gasteiger partial charge in [-0.1, -0.05) is 25.1 Å². The number of para-hydroxylation sites is 1. The van der Waals surface area contributed by atoms with Crippen molar-refractivity contribution in [2.24, 2.45) is 5.92 Å². The number of ether oxygens (including phenoxy) is 1. The average molecular weight is 301 g/mol. The molecule has 6 nitrogen and oxygen atoms in total. The zero-order valence-electron chi connectivity index (χ0n) is 11.5. The maximum absolute atomic E-state index is 11.9. The van der Waals surface area contributed by atoms with Crippen molar-refractivity contribution in [3.63, 3.8) is 0 Å². The summed E-state index contributed by atoms with van der Waals surface area (Å²) in [5.74, 6) is -1.35. The van der Waals surface area contributed by atoms with E-state index in [0.29, 0.717) is 5.75 Å². The van der Waals surface area contributed by atoms with E-state index in [1.54, 1.807) is 24.3 Å². The summed E-state index contributed by atoms with van der Waals surface area (Å²) in [7, 11) is -2.14. The number of carboxylic acid groups (broad SMARTS) is 1. The summed E-state index contributed by atoms with van der Waals surface area (Å²) >= 11 is 0. The van der Waals surface area contributed by atoms with Crippen LogP contribution >= 0.6 is 0 Å². The number of aliphatic carboxylic acids is 1. The van der Waals surface area contributed by atoms with Gasteiger partial charge in [0.05, 0.1) is 11.7 Å². The molecule has 0 aliphatic heterocycles. The van der Waals surface area contributed by atoms with E-state index < -0.39 is 21.9 Å². The first-order chi connectivity index (χ1) is 9.33. The van der Waals surface area contributed by atoms with Gasteiger partial charge in [-0.3, -0.25) is 4.79 Å². The van der Waals surface area contributed by atoms with Gasteiger partial charge < -0.3 is 9.84 Å². The lowest BCUT2D eigenvalue weighted by Crippen LogP contribution is -2.36. The molecule has 0 heterocycles. The van der Waals surface area contributed by atoms with E-state index in [1.807, 2.05) is 6.07 Å². The van der Waals surface area contributed by atoms with Crippen LogP contribution in [-0.2, 0) is 14.8 Å². The molecule has 1 aromatic rings. The second-order valence-electron chi connectivity index (χ2n) is 4.50. The number of hydrogen-bond donors (Lipinski definition) is 1. The van der Waals surface area contributed by atoms with E-state index in [-0.39, 0.29) is 18.9 Å². The second kappa shape index (κ2) is 7.25. The van der Waals surface area contributed by atoms with Crippen molar-refractivity contribution in [1.82, 2.24) is 4.31 Å². The minimum absolute atomic E-state index is 0.0259. The lowest BCUT2D eigenvalue weighted by Gasteiger charge is -2.19. The fourth-order valence-corrected chi connectivity index (χ4v) is 2.57. The Morgan fingerprint density at radius 1 is 1.35 bits per heavy atom. The van der Waals surface area contributed by atoms with Gasteiger partial charge in [0.15, 0.2) is 0 Å². The van der Waals surface area contributed by atoms with Gasteiger partial charge in [-0.05, 0) is 12.1 Å². The molecule has 0 fully saturated rings. The Morgan fingerprint density at radius 3 is 2.50 bits per heavy atom. The minimum Gasteiger partial charge on any atom is -0.492 e. The number of hydrogen-bond acceptors (Lipinski definition) is 4. The van der Waals surface area contributed by atoms with Gasteiger partial charge in [0.1, 0.15) is 12.4 Å². The number of carbonyl (C=O) groups is 1. The van der Waals surface area contributed by atoms with E-state index in [0.717, 1.165) is 4.31 Å². The van der Waals surface area contributed by atoms with Crippen LogP contribution in [0.5, 0.6) is 5.75 Å². The van der Waals surface area contributed by atoms with E-state index in [4.69, 9.17) is 9.84 Å². The molecule has 0 amide bonds. The summed E-state index contributed by atoms with van der Waals surface area (Å²) in [4.78, 5) is 10.7. The lowest BCUT2D eigenvalue weighted by atomic mass is 10.2. The number of nitrogens with zero attached hydrogens (tertiary/aromatic N) is 1. The van der Waals surface area contributed by atoms with Crippen LogP contribution in [0.25, 0.3) is 0 Å².